The molecule has 0 spiro atoms. The summed E-state index contributed by atoms with van der Waals surface area (Å²) in [4.78, 5) is 0. The number of likely N-dealkylation sites (N-methyl/N-ethyl adjacent to an activating group) is 1. The van der Waals surface area contributed by atoms with Crippen LogP contribution in [-0.2, 0) is 8.75 Å². The topological polar surface area (TPSA) is 93.9 Å². The van der Waals surface area contributed by atoms with Crippen LogP contribution in [0.15, 0.2) is 16.7 Å². The first-order valence-electron chi connectivity index (χ1n) is 3.00. The van der Waals surface area contributed by atoms with Gasteiger partial charge in [-0.3, -0.25) is 20.2 Å². The summed E-state index contributed by atoms with van der Waals surface area (Å²) in [6.07, 6.45) is 2.95. The maximum Gasteiger partial charge on any atom is 0.301 e. The zero-order chi connectivity index (χ0) is 9.19. The van der Waals surface area contributed by atoms with Crippen LogP contribution in [-0.4, -0.2) is 17.6 Å². The highest BCUT2D eigenvalue weighted by Crippen LogP contribution is 2.31. The van der Waals surface area contributed by atoms with E-state index in [1.54, 1.807) is 0 Å². The molecule has 4 N–H and O–H groups in total. The second-order valence-corrected chi connectivity index (χ2v) is 4.59. The molecule has 0 aromatic rings. The molecule has 12 heavy (non-hydrogen) atoms. The van der Waals surface area contributed by atoms with Crippen molar-refractivity contribution in [2.75, 3.05) is 7.05 Å². The molecule has 0 bridgehead atoms. The van der Waals surface area contributed by atoms with E-state index in [-0.39, 0.29) is 0 Å². The van der Waals surface area contributed by atoms with E-state index in [0.29, 0.717) is 5.84 Å². The quantitative estimate of drug-likeness (QED) is 0.369. The van der Waals surface area contributed by atoms with Crippen LogP contribution >= 0.6 is 19.8 Å². The fourth-order valence-electron chi connectivity index (χ4n) is 0.531. The number of nitrogens with zero attached hydrogens (tertiary/aromatic N) is 2. The molecule has 0 aromatic carbocycles. The predicted octanol–water partition coefficient (Wildman–Crippen LogP) is 0.449. The van der Waals surface area contributed by atoms with Gasteiger partial charge >= 0.3 is 7.59 Å². The van der Waals surface area contributed by atoms with Crippen molar-refractivity contribution in [1.82, 2.24) is 4.67 Å². The second kappa shape index (κ2) is 3.49. The average molecular weight is 208 g/mol. The Labute approximate surface area is 74.5 Å². The van der Waals surface area contributed by atoms with Gasteiger partial charge in [-0.05, 0) is 0 Å². The van der Waals surface area contributed by atoms with Crippen molar-refractivity contribution in [3.63, 3.8) is 0 Å². The lowest BCUT2D eigenvalue weighted by atomic mass is 10.6. The third-order valence-electron chi connectivity index (χ3n) is 1.25. The van der Waals surface area contributed by atoms with Gasteiger partial charge in [0.2, 0.25) is 12.2 Å². The third-order valence-corrected chi connectivity index (χ3v) is 2.85. The number of rotatable bonds is 1. The lowest BCUT2D eigenvalue weighted by Gasteiger charge is -2.22. The smallest absolute Gasteiger partial charge is 0.301 e. The summed E-state index contributed by atoms with van der Waals surface area (Å²) < 4.78 is 20.9. The average Bonchev–Trinajstić information content (AvgIpc) is 2.03. The van der Waals surface area contributed by atoms with E-state index in [0.717, 1.165) is 12.2 Å². The maximum absolute atomic E-state index is 11.1. The summed E-state index contributed by atoms with van der Waals surface area (Å²) in [7, 11) is -1.73. The predicted molar refractivity (Wildman–Crippen MR) is 49.0 cm³/mol. The van der Waals surface area contributed by atoms with E-state index in [1.165, 1.54) is 24.1 Å². The van der Waals surface area contributed by atoms with Crippen LogP contribution in [0.4, 0.5) is 0 Å². The first-order valence-corrected chi connectivity index (χ1v) is 5.50. The van der Waals surface area contributed by atoms with Gasteiger partial charge in [0.1, 0.15) is 12.1 Å². The van der Waals surface area contributed by atoms with E-state index in [4.69, 9.17) is 15.2 Å². The van der Waals surface area contributed by atoms with Crippen molar-refractivity contribution in [2.45, 2.75) is 0 Å². The van der Waals surface area contributed by atoms with E-state index in [2.05, 4.69) is 4.40 Å². The highest BCUT2D eigenvalue weighted by molar-refractivity contribution is 7.93. The molecule has 0 aromatic heterocycles. The van der Waals surface area contributed by atoms with Crippen molar-refractivity contribution in [3.8, 4) is 0 Å². The van der Waals surface area contributed by atoms with Crippen molar-refractivity contribution >= 4 is 25.7 Å². The number of nitrogens with two attached hydrogens (primary N) is 2. The summed E-state index contributed by atoms with van der Waals surface area (Å²) in [5.41, 5.74) is 10.4. The Hall–Kier alpha value is -0.490. The van der Waals surface area contributed by atoms with E-state index in [1.807, 2.05) is 0 Å². The fourth-order valence-corrected chi connectivity index (χ4v) is 1.43. The molecule has 1 heterocycles. The lowest BCUT2D eigenvalue weighted by Crippen LogP contribution is -2.30. The molecule has 8 heteroatoms. The van der Waals surface area contributed by atoms with Crippen LogP contribution in [0.3, 0.4) is 0 Å². The lowest BCUT2D eigenvalue weighted by molar-refractivity contribution is 0.540. The van der Waals surface area contributed by atoms with Gasteiger partial charge in [0.05, 0.1) is 0 Å². The standard InChI is InChI=1S/C4H9N4O2PS/c1-8(11(5,6)9)4-2-3-10-12-7-4/h2-3H,1H3,(H4,5,6,9). The van der Waals surface area contributed by atoms with Gasteiger partial charge in [-0.25, -0.2) is 0 Å². The molecule has 0 unspecified atom stereocenters. The molecule has 68 valence electrons. The van der Waals surface area contributed by atoms with Crippen LogP contribution in [0.5, 0.6) is 0 Å². The van der Waals surface area contributed by atoms with Crippen LogP contribution in [0.1, 0.15) is 0 Å². The molecule has 1 rings (SSSR count). The molecule has 6 nitrogen and oxygen atoms in total. The zero-order valence-electron chi connectivity index (χ0n) is 6.38. The van der Waals surface area contributed by atoms with E-state index in [9.17, 15) is 4.57 Å². The SMILES string of the molecule is CN(C1=NSOC=C1)P(N)(N)=O. The van der Waals surface area contributed by atoms with Crippen molar-refractivity contribution in [3.05, 3.63) is 12.3 Å². The third kappa shape index (κ3) is 2.25. The van der Waals surface area contributed by atoms with E-state index < -0.39 is 7.59 Å². The Morgan fingerprint density at radius 3 is 2.83 bits per heavy atom. The highest BCUT2D eigenvalue weighted by atomic mass is 32.2. The minimum absolute atomic E-state index is 0.430. The maximum atomic E-state index is 11.1. The van der Waals surface area contributed by atoms with E-state index >= 15 is 0 Å². The molecule has 0 atom stereocenters. The first-order chi connectivity index (χ1) is 5.52. The van der Waals surface area contributed by atoms with Crippen molar-refractivity contribution < 1.29 is 8.75 Å². The van der Waals surface area contributed by atoms with Gasteiger partial charge in [0, 0.05) is 13.1 Å². The Balaban J connectivity index is 2.77. The summed E-state index contributed by atoms with van der Waals surface area (Å²) in [5, 5.41) is 0. The molecule has 0 radical (unpaired) electrons. The van der Waals surface area contributed by atoms with Crippen LogP contribution in [0.25, 0.3) is 0 Å². The number of amidine groups is 1. The minimum Gasteiger partial charge on any atom is -0.412 e. The Morgan fingerprint density at radius 2 is 2.42 bits per heavy atom. The van der Waals surface area contributed by atoms with Gasteiger partial charge < -0.3 is 4.18 Å². The Bertz CT molecular complexity index is 272. The normalized spacial score (nSPS) is 16.8. The summed E-state index contributed by atoms with van der Waals surface area (Å²) >= 11 is 0.875. The monoisotopic (exact) mass is 208 g/mol. The molecule has 0 fully saturated rings. The number of hydrogen-bond donors (Lipinski definition) is 2. The fraction of sp³-hybridized carbons (Fsp3) is 0.250. The molecule has 0 amide bonds. The largest absolute Gasteiger partial charge is 0.412 e. The summed E-state index contributed by atoms with van der Waals surface area (Å²) in [6, 6.07) is 0. The molecular formula is C4H9N4O2PS. The minimum atomic E-state index is -3.24. The second-order valence-electron chi connectivity index (χ2n) is 2.12. The first kappa shape index (κ1) is 9.60. The summed E-state index contributed by atoms with van der Waals surface area (Å²) in [6.45, 7) is 0. The van der Waals surface area contributed by atoms with Crippen molar-refractivity contribution in [1.29, 1.82) is 0 Å². The molecule has 0 aliphatic carbocycles. The highest BCUT2D eigenvalue weighted by Gasteiger charge is 2.20. The van der Waals surface area contributed by atoms with Gasteiger partial charge in [-0.15, -0.1) is 0 Å². The number of hydrogen-bond acceptors (Lipinski definition) is 4. The van der Waals surface area contributed by atoms with Crippen LogP contribution in [0.2, 0.25) is 0 Å². The summed E-state index contributed by atoms with van der Waals surface area (Å²) in [5.74, 6) is 0.430. The van der Waals surface area contributed by atoms with Gasteiger partial charge in [0.15, 0.2) is 0 Å². The molecule has 1 aliphatic heterocycles. The molecule has 0 saturated heterocycles. The molecule has 1 aliphatic rings. The molecule has 0 saturated carbocycles. The molecular weight excluding hydrogens is 199 g/mol. The van der Waals surface area contributed by atoms with Gasteiger partial charge in [-0.1, -0.05) is 0 Å². The van der Waals surface area contributed by atoms with Crippen LogP contribution < -0.4 is 11.0 Å². The van der Waals surface area contributed by atoms with Crippen molar-refractivity contribution in [2.24, 2.45) is 15.4 Å². The zero-order valence-corrected chi connectivity index (χ0v) is 8.09. The Kier molecular flexibility index (Phi) is 2.79. The van der Waals surface area contributed by atoms with Gasteiger partial charge in [0.25, 0.3) is 0 Å². The Morgan fingerprint density at radius 1 is 1.75 bits per heavy atom. The van der Waals surface area contributed by atoms with Crippen LogP contribution in [0, 0.1) is 0 Å². The van der Waals surface area contributed by atoms with Gasteiger partial charge in [-0.2, -0.15) is 4.40 Å².